The number of ether oxygens (including phenoxy) is 3. The van der Waals surface area contributed by atoms with E-state index in [9.17, 15) is 18.0 Å². The summed E-state index contributed by atoms with van der Waals surface area (Å²) in [6.07, 6.45) is 2.93. The van der Waals surface area contributed by atoms with Crippen molar-refractivity contribution in [3.8, 4) is 22.6 Å². The van der Waals surface area contributed by atoms with Gasteiger partial charge in [-0.2, -0.15) is 4.31 Å². The number of carbonyl (C=O) groups excluding carboxylic acids is 1. The van der Waals surface area contributed by atoms with Gasteiger partial charge in [-0.25, -0.2) is 8.42 Å². The molecule has 1 saturated heterocycles. The molecule has 0 N–H and O–H groups in total. The molecule has 1 aromatic carbocycles. The predicted octanol–water partition coefficient (Wildman–Crippen LogP) is 1.90. The Labute approximate surface area is 213 Å². The predicted molar refractivity (Wildman–Crippen MR) is 138 cm³/mol. The second-order valence-corrected chi connectivity index (χ2v) is 11.7. The summed E-state index contributed by atoms with van der Waals surface area (Å²) in [6.45, 7) is 1.04. The first kappa shape index (κ1) is 26.1. The average Bonchev–Trinajstić information content (AvgIpc) is 3.28. The molecule has 0 radical (unpaired) electrons. The first-order valence-corrected chi connectivity index (χ1v) is 13.8. The SMILES string of the molecule is COC(=O)C1CN(S(C)(=O)=O)CCN1Cc1cc2c(=O)n(C)cc(-c3ccc(OC)c(OC)c3)c2s1. The van der Waals surface area contributed by atoms with Gasteiger partial charge in [0.25, 0.3) is 5.56 Å². The molecule has 1 fully saturated rings. The maximum Gasteiger partial charge on any atom is 0.324 e. The minimum absolute atomic E-state index is 0.0229. The van der Waals surface area contributed by atoms with E-state index in [0.717, 1.165) is 27.0 Å². The smallest absolute Gasteiger partial charge is 0.324 e. The molecule has 10 nitrogen and oxygen atoms in total. The number of aromatic nitrogens is 1. The van der Waals surface area contributed by atoms with Crippen LogP contribution in [-0.2, 0) is 33.1 Å². The van der Waals surface area contributed by atoms with Gasteiger partial charge >= 0.3 is 5.97 Å². The van der Waals surface area contributed by atoms with Crippen molar-refractivity contribution in [2.24, 2.45) is 7.05 Å². The lowest BCUT2D eigenvalue weighted by molar-refractivity contribution is -0.148. The van der Waals surface area contributed by atoms with Crippen molar-refractivity contribution in [3.05, 3.63) is 45.7 Å². The molecule has 3 aromatic rings. The molecule has 1 aliphatic heterocycles. The standard InChI is InChI=1S/C24H29N3O7S2/c1-25-13-18(15-6-7-20(32-2)21(10-15)33-3)22-17(23(25)28)11-16(35-22)12-26-8-9-27(36(5,30)31)14-19(26)24(29)34-4/h6-7,10-11,13,19H,8-9,12,14H2,1-5H3. The van der Waals surface area contributed by atoms with Crippen LogP contribution in [0.5, 0.6) is 11.5 Å². The number of piperazine rings is 1. The number of benzene rings is 1. The zero-order valence-corrected chi connectivity index (χ0v) is 22.4. The molecule has 36 heavy (non-hydrogen) atoms. The highest BCUT2D eigenvalue weighted by molar-refractivity contribution is 7.88. The Hall–Kier alpha value is -2.93. The molecule has 1 unspecified atom stereocenters. The molecule has 2 aromatic heterocycles. The number of thiophene rings is 1. The summed E-state index contributed by atoms with van der Waals surface area (Å²) in [7, 11) is 2.71. The molecule has 0 saturated carbocycles. The van der Waals surface area contributed by atoms with Crippen LogP contribution in [0.3, 0.4) is 0 Å². The van der Waals surface area contributed by atoms with Gasteiger partial charge in [0.15, 0.2) is 11.5 Å². The number of sulfonamides is 1. The number of pyridine rings is 1. The van der Waals surface area contributed by atoms with Crippen molar-refractivity contribution < 1.29 is 27.4 Å². The second kappa shape index (κ2) is 10.2. The van der Waals surface area contributed by atoms with Crippen molar-refractivity contribution in [2.45, 2.75) is 12.6 Å². The number of nitrogens with zero attached hydrogens (tertiary/aromatic N) is 3. The Bertz CT molecular complexity index is 1460. The monoisotopic (exact) mass is 535 g/mol. The van der Waals surface area contributed by atoms with Crippen LogP contribution < -0.4 is 15.0 Å². The molecular weight excluding hydrogens is 506 g/mol. The largest absolute Gasteiger partial charge is 0.493 e. The molecule has 4 rings (SSSR count). The van der Waals surface area contributed by atoms with Crippen LogP contribution in [0.25, 0.3) is 21.2 Å². The van der Waals surface area contributed by atoms with Crippen LogP contribution in [0.1, 0.15) is 4.88 Å². The highest BCUT2D eigenvalue weighted by Crippen LogP contribution is 2.38. The second-order valence-electron chi connectivity index (χ2n) is 8.61. The molecular formula is C24H29N3O7S2. The normalized spacial score (nSPS) is 17.3. The summed E-state index contributed by atoms with van der Waals surface area (Å²) < 4.78 is 43.5. The Morgan fingerprint density at radius 2 is 1.83 bits per heavy atom. The third-order valence-corrected chi connectivity index (χ3v) is 8.77. The maximum atomic E-state index is 13.0. The Balaban J connectivity index is 1.73. The minimum atomic E-state index is -3.44. The van der Waals surface area contributed by atoms with Crippen LogP contribution in [0.2, 0.25) is 0 Å². The molecule has 12 heteroatoms. The van der Waals surface area contributed by atoms with E-state index in [4.69, 9.17) is 14.2 Å². The molecule has 0 bridgehead atoms. The molecule has 194 valence electrons. The number of methoxy groups -OCH3 is 3. The van der Waals surface area contributed by atoms with Gasteiger partial charge < -0.3 is 18.8 Å². The zero-order chi connectivity index (χ0) is 26.2. The fourth-order valence-electron chi connectivity index (χ4n) is 4.43. The van der Waals surface area contributed by atoms with Crippen molar-refractivity contribution in [2.75, 3.05) is 47.2 Å². The summed E-state index contributed by atoms with van der Waals surface area (Å²) in [5.74, 6) is 0.695. The van der Waals surface area contributed by atoms with E-state index in [1.165, 1.54) is 22.8 Å². The summed E-state index contributed by atoms with van der Waals surface area (Å²) in [5.41, 5.74) is 1.62. The van der Waals surface area contributed by atoms with E-state index in [0.29, 0.717) is 30.0 Å². The first-order valence-electron chi connectivity index (χ1n) is 11.2. The first-order chi connectivity index (χ1) is 17.1. The summed E-state index contributed by atoms with van der Waals surface area (Å²) in [6, 6.07) is 6.72. The van der Waals surface area contributed by atoms with Gasteiger partial charge in [-0.1, -0.05) is 6.07 Å². The van der Waals surface area contributed by atoms with Crippen molar-refractivity contribution in [1.82, 2.24) is 13.8 Å². The van der Waals surface area contributed by atoms with E-state index in [1.54, 1.807) is 32.0 Å². The third-order valence-electron chi connectivity index (χ3n) is 6.35. The fourth-order valence-corrected chi connectivity index (χ4v) is 6.47. The lowest BCUT2D eigenvalue weighted by Crippen LogP contribution is -2.57. The zero-order valence-electron chi connectivity index (χ0n) is 20.8. The fraction of sp³-hybridized carbons (Fsp3) is 0.417. The number of esters is 1. The highest BCUT2D eigenvalue weighted by Gasteiger charge is 2.36. The Kier molecular flexibility index (Phi) is 7.41. The van der Waals surface area contributed by atoms with Gasteiger partial charge in [0.2, 0.25) is 10.0 Å². The van der Waals surface area contributed by atoms with Gasteiger partial charge in [-0.3, -0.25) is 14.5 Å². The van der Waals surface area contributed by atoms with E-state index in [2.05, 4.69) is 0 Å². The molecule has 3 heterocycles. The molecule has 0 amide bonds. The van der Waals surface area contributed by atoms with E-state index in [-0.39, 0.29) is 18.6 Å². The maximum absolute atomic E-state index is 13.0. The highest BCUT2D eigenvalue weighted by atomic mass is 32.2. The van der Waals surface area contributed by atoms with E-state index < -0.39 is 22.0 Å². The van der Waals surface area contributed by atoms with Crippen LogP contribution in [0.15, 0.2) is 35.3 Å². The number of fused-ring (bicyclic) bond motifs is 1. The lowest BCUT2D eigenvalue weighted by atomic mass is 10.1. The number of hydrogen-bond acceptors (Lipinski definition) is 9. The van der Waals surface area contributed by atoms with Gasteiger partial charge in [-0.05, 0) is 23.8 Å². The van der Waals surface area contributed by atoms with Crippen LogP contribution in [0, 0.1) is 0 Å². The Morgan fingerprint density at radius 1 is 1.11 bits per heavy atom. The summed E-state index contributed by atoms with van der Waals surface area (Å²) >= 11 is 1.48. The summed E-state index contributed by atoms with van der Waals surface area (Å²) in [4.78, 5) is 28.3. The van der Waals surface area contributed by atoms with E-state index >= 15 is 0 Å². The third kappa shape index (κ3) is 4.99. The molecule has 1 atom stereocenters. The number of rotatable bonds is 7. The van der Waals surface area contributed by atoms with Crippen LogP contribution >= 0.6 is 11.3 Å². The number of carbonyl (C=O) groups is 1. The quantitative estimate of drug-likeness (QED) is 0.423. The molecule has 0 aliphatic carbocycles. The van der Waals surface area contributed by atoms with Crippen molar-refractivity contribution >= 4 is 37.4 Å². The average molecular weight is 536 g/mol. The van der Waals surface area contributed by atoms with Gasteiger partial charge in [-0.15, -0.1) is 11.3 Å². The van der Waals surface area contributed by atoms with Gasteiger partial charge in [0.05, 0.1) is 33.0 Å². The number of hydrogen-bond donors (Lipinski definition) is 0. The minimum Gasteiger partial charge on any atom is -0.493 e. The van der Waals surface area contributed by atoms with E-state index in [1.807, 2.05) is 29.2 Å². The van der Waals surface area contributed by atoms with Gasteiger partial charge in [0, 0.05) is 54.6 Å². The summed E-state index contributed by atoms with van der Waals surface area (Å²) in [5, 5.41) is 0.578. The van der Waals surface area contributed by atoms with Crippen molar-refractivity contribution in [1.29, 1.82) is 0 Å². The van der Waals surface area contributed by atoms with Gasteiger partial charge in [0.1, 0.15) is 6.04 Å². The lowest BCUT2D eigenvalue weighted by Gasteiger charge is -2.38. The van der Waals surface area contributed by atoms with Crippen molar-refractivity contribution in [3.63, 3.8) is 0 Å². The Morgan fingerprint density at radius 3 is 2.47 bits per heavy atom. The molecule has 0 spiro atoms. The molecule has 1 aliphatic rings. The van der Waals surface area contributed by atoms with Crippen LogP contribution in [-0.4, -0.2) is 81.4 Å². The number of aryl methyl sites for hydroxylation is 1. The van der Waals surface area contributed by atoms with Crippen LogP contribution in [0.4, 0.5) is 0 Å². The topological polar surface area (TPSA) is 107 Å².